The molecule has 68 heavy (non-hydrogen) atoms. The van der Waals surface area contributed by atoms with Crippen LogP contribution < -0.4 is 39.4 Å². The van der Waals surface area contributed by atoms with Gasteiger partial charge in [0, 0.05) is 45.4 Å². The smallest absolute Gasteiger partial charge is 0.416 e. The number of rotatable bonds is 18. The molecule has 21 nitrogen and oxygen atoms in total. The summed E-state index contributed by atoms with van der Waals surface area (Å²) in [6.07, 6.45) is 1.36. The van der Waals surface area contributed by atoms with Crippen LogP contribution in [0.2, 0.25) is 0 Å². The van der Waals surface area contributed by atoms with Crippen molar-refractivity contribution >= 4 is 47.2 Å². The third-order valence-electron chi connectivity index (χ3n) is 12.2. The number of aliphatic hydroxyl groups is 2. The molecule has 3 aromatic rings. The molecular formula is C47H57N7O14. The third-order valence-corrected chi connectivity index (χ3v) is 12.2. The molecule has 4 atom stereocenters. The number of benzene rings is 2. The van der Waals surface area contributed by atoms with Gasteiger partial charge in [0.25, 0.3) is 23.6 Å². The fraction of sp³-hybridized carbons (Fsp3) is 0.447. The Balaban J connectivity index is 0.914. The van der Waals surface area contributed by atoms with Crippen LogP contribution in [-0.4, -0.2) is 152 Å². The molecule has 2 saturated heterocycles. The van der Waals surface area contributed by atoms with E-state index in [1.54, 1.807) is 16.8 Å². The molecule has 2 fully saturated rings. The standard InChI is InChI=1S/C47H57N7O14/c1-6-20-67-46(61)53-34-26-38(36(63-4)24-28(34)42(57)51-18-8-12-32(51)44(53)59)65-22-10-16-48-40(55)30-14-15-31(50(30)3)41(56)49-17-11-23-66-39-27-35-29(25-37(39)64-5)43(58)52-19-9-13-33(52)45(60)54(35)47(62)68-21-7-2/h6-7,14-15,24-27,32-33,44-45,59-60H,1-2,8-13,16-23H2,3-5H3,(H,48,55)(H,49,56)/t32-,33-,44-,45-/m0/s1. The maximum absolute atomic E-state index is 13.6. The monoisotopic (exact) mass is 943 g/mol. The number of aromatic nitrogens is 1. The fourth-order valence-electron chi connectivity index (χ4n) is 8.91. The number of nitrogens with one attached hydrogen (secondary N) is 2. The van der Waals surface area contributed by atoms with Crippen molar-refractivity contribution in [1.82, 2.24) is 25.0 Å². The molecule has 0 saturated carbocycles. The zero-order valence-corrected chi connectivity index (χ0v) is 38.3. The van der Waals surface area contributed by atoms with Crippen LogP contribution in [0.25, 0.3) is 0 Å². The van der Waals surface area contributed by atoms with Gasteiger partial charge in [-0.05, 0) is 62.8 Å². The highest BCUT2D eigenvalue weighted by Crippen LogP contribution is 2.43. The molecule has 0 spiro atoms. The number of amides is 6. The van der Waals surface area contributed by atoms with E-state index in [1.807, 2.05) is 0 Å². The highest BCUT2D eigenvalue weighted by Gasteiger charge is 2.47. The maximum Gasteiger partial charge on any atom is 0.416 e. The first-order chi connectivity index (χ1) is 32.8. The Morgan fingerprint density at radius 2 is 1.09 bits per heavy atom. The van der Waals surface area contributed by atoms with E-state index < -0.39 is 48.5 Å². The van der Waals surface area contributed by atoms with Crippen molar-refractivity contribution in [3.8, 4) is 23.0 Å². The normalized spacial score (nSPS) is 19.4. The summed E-state index contributed by atoms with van der Waals surface area (Å²) in [6, 6.07) is 7.68. The highest BCUT2D eigenvalue weighted by atomic mass is 16.6. The quantitative estimate of drug-likeness (QED) is 0.105. The molecule has 4 N–H and O–H groups in total. The number of nitrogens with zero attached hydrogens (tertiary/aromatic N) is 5. The minimum Gasteiger partial charge on any atom is -0.493 e. The molecule has 0 aliphatic carbocycles. The van der Waals surface area contributed by atoms with E-state index in [2.05, 4.69) is 23.8 Å². The lowest BCUT2D eigenvalue weighted by atomic mass is 10.1. The zero-order chi connectivity index (χ0) is 48.6. The van der Waals surface area contributed by atoms with Crippen molar-refractivity contribution in [3.05, 3.63) is 84.2 Å². The van der Waals surface area contributed by atoms with E-state index in [4.69, 9.17) is 28.4 Å². The minimum absolute atomic E-state index is 0.0937. The molecular weight excluding hydrogens is 887 g/mol. The maximum atomic E-state index is 13.6. The molecule has 2 aromatic carbocycles. The van der Waals surface area contributed by atoms with Crippen LogP contribution >= 0.6 is 0 Å². The summed E-state index contributed by atoms with van der Waals surface area (Å²) in [5.74, 6) is -0.706. The van der Waals surface area contributed by atoms with Gasteiger partial charge in [0.1, 0.15) is 24.6 Å². The highest BCUT2D eigenvalue weighted by molar-refractivity contribution is 6.07. The predicted molar refractivity (Wildman–Crippen MR) is 244 cm³/mol. The van der Waals surface area contributed by atoms with Crippen molar-refractivity contribution in [2.75, 3.05) is 76.6 Å². The van der Waals surface area contributed by atoms with Gasteiger partial charge in [0.15, 0.2) is 35.5 Å². The van der Waals surface area contributed by atoms with Gasteiger partial charge in [0.2, 0.25) is 0 Å². The van der Waals surface area contributed by atoms with E-state index >= 15 is 0 Å². The topological polar surface area (TPSA) is 240 Å². The second kappa shape index (κ2) is 21.6. The number of fused-ring (bicyclic) bond motifs is 4. The van der Waals surface area contributed by atoms with Crippen LogP contribution in [0.1, 0.15) is 80.2 Å². The van der Waals surface area contributed by atoms with Gasteiger partial charge in [-0.25, -0.2) is 19.4 Å². The summed E-state index contributed by atoms with van der Waals surface area (Å²) in [6.45, 7) is 8.35. The predicted octanol–water partition coefficient (Wildman–Crippen LogP) is 3.57. The van der Waals surface area contributed by atoms with E-state index in [0.29, 0.717) is 51.6 Å². The molecule has 7 rings (SSSR count). The molecule has 0 unspecified atom stereocenters. The lowest BCUT2D eigenvalue weighted by Gasteiger charge is -2.31. The van der Waals surface area contributed by atoms with Crippen LogP contribution in [0.15, 0.2) is 61.7 Å². The van der Waals surface area contributed by atoms with Gasteiger partial charge in [-0.15, -0.1) is 0 Å². The molecule has 6 amide bonds. The fourth-order valence-corrected chi connectivity index (χ4v) is 8.91. The molecule has 1 aromatic heterocycles. The molecule has 4 aliphatic rings. The number of carbonyl (C=O) groups excluding carboxylic acids is 6. The van der Waals surface area contributed by atoms with Crippen molar-refractivity contribution in [3.63, 3.8) is 0 Å². The average Bonchev–Trinajstić information content (AvgIpc) is 4.11. The number of aliphatic hydroxyl groups excluding tert-OH is 2. The van der Waals surface area contributed by atoms with Crippen LogP contribution in [0, 0.1) is 0 Å². The van der Waals surface area contributed by atoms with Crippen molar-refractivity contribution in [2.45, 2.75) is 63.1 Å². The molecule has 0 bridgehead atoms. The van der Waals surface area contributed by atoms with Crippen LogP contribution in [-0.2, 0) is 16.5 Å². The summed E-state index contributed by atoms with van der Waals surface area (Å²) < 4.78 is 35.2. The zero-order valence-electron chi connectivity index (χ0n) is 38.3. The minimum atomic E-state index is -1.37. The molecule has 4 aliphatic heterocycles. The number of hydrogen-bond donors (Lipinski definition) is 4. The van der Waals surface area contributed by atoms with E-state index in [9.17, 15) is 39.0 Å². The Morgan fingerprint density at radius 1 is 0.676 bits per heavy atom. The van der Waals surface area contributed by atoms with Gasteiger partial charge in [-0.3, -0.25) is 19.2 Å². The second-order valence-electron chi connectivity index (χ2n) is 16.3. The van der Waals surface area contributed by atoms with Gasteiger partial charge in [-0.1, -0.05) is 25.3 Å². The number of ether oxygens (including phenoxy) is 6. The van der Waals surface area contributed by atoms with Crippen molar-refractivity contribution < 1.29 is 67.4 Å². The number of methoxy groups -OCH3 is 2. The lowest BCUT2D eigenvalue weighted by molar-refractivity contribution is 0.0495. The molecule has 5 heterocycles. The Morgan fingerprint density at radius 3 is 1.47 bits per heavy atom. The van der Waals surface area contributed by atoms with Crippen molar-refractivity contribution in [2.24, 2.45) is 7.05 Å². The van der Waals surface area contributed by atoms with Crippen molar-refractivity contribution in [1.29, 1.82) is 0 Å². The SMILES string of the molecule is C=CCOC(=O)N1c2cc(OCCCNC(=O)c3ccc(C(=O)NCCCOc4cc5c(cc4OC)C(=O)N4CCC[C@H]4[C@H](O)N5C(=O)OCC=C)n3C)c(OC)cc2C(=O)N2CCC[C@H]2[C@@H]1O. The van der Waals surface area contributed by atoms with Crippen LogP contribution in [0.4, 0.5) is 21.0 Å². The van der Waals surface area contributed by atoms with E-state index in [1.165, 1.54) is 67.3 Å². The Labute approximate surface area is 392 Å². The van der Waals surface area contributed by atoms with Gasteiger partial charge in [-0.2, -0.15) is 0 Å². The summed E-state index contributed by atoms with van der Waals surface area (Å²) in [4.78, 5) is 85.4. The Hall–Kier alpha value is -7.26. The van der Waals surface area contributed by atoms with Gasteiger partial charge < -0.3 is 63.6 Å². The Kier molecular flexibility index (Phi) is 15.4. The largest absolute Gasteiger partial charge is 0.493 e. The summed E-state index contributed by atoms with van der Waals surface area (Å²) in [7, 11) is 4.43. The first kappa shape index (κ1) is 48.7. The van der Waals surface area contributed by atoms with Gasteiger partial charge >= 0.3 is 12.2 Å². The first-order valence-electron chi connectivity index (χ1n) is 22.4. The number of anilines is 2. The molecule has 364 valence electrons. The molecule has 0 radical (unpaired) electrons. The Bertz CT molecular complexity index is 2280. The number of hydrogen-bond acceptors (Lipinski definition) is 14. The lowest BCUT2D eigenvalue weighted by Crippen LogP contribution is -2.50. The first-order valence-corrected chi connectivity index (χ1v) is 22.4. The number of carbonyl (C=O) groups is 6. The third kappa shape index (κ3) is 9.75. The summed E-state index contributed by atoms with van der Waals surface area (Å²) >= 11 is 0. The van der Waals surface area contributed by atoms with E-state index in [-0.39, 0.29) is 108 Å². The second-order valence-corrected chi connectivity index (χ2v) is 16.3. The summed E-state index contributed by atoms with van der Waals surface area (Å²) in [5.41, 5.74) is 0.971. The van der Waals surface area contributed by atoms with Crippen LogP contribution in [0.5, 0.6) is 23.0 Å². The van der Waals surface area contributed by atoms with Crippen LogP contribution in [0.3, 0.4) is 0 Å². The molecule has 21 heteroatoms. The summed E-state index contributed by atoms with van der Waals surface area (Å²) in [5, 5.41) is 28.4. The average molecular weight is 944 g/mol. The van der Waals surface area contributed by atoms with E-state index in [0.717, 1.165) is 9.80 Å². The van der Waals surface area contributed by atoms with Gasteiger partial charge in [0.05, 0.1) is 62.0 Å².